The van der Waals surface area contributed by atoms with Gasteiger partial charge in [0.05, 0.1) is 38.7 Å². The molecule has 1 saturated carbocycles. The van der Waals surface area contributed by atoms with Crippen molar-refractivity contribution in [2.45, 2.75) is 25.8 Å². The Balaban J connectivity index is 1.43. The summed E-state index contributed by atoms with van der Waals surface area (Å²) in [4.78, 5) is 30.8. The van der Waals surface area contributed by atoms with Crippen LogP contribution in [0.3, 0.4) is 0 Å². The quantitative estimate of drug-likeness (QED) is 0.322. The van der Waals surface area contributed by atoms with Crippen LogP contribution in [0.5, 0.6) is 17.2 Å². The van der Waals surface area contributed by atoms with E-state index >= 15 is 4.39 Å². The average molecular weight is 552 g/mol. The fraction of sp³-hybridized carbons (Fsp3) is 0.414. The molecule has 2 aliphatic rings. The third-order valence-corrected chi connectivity index (χ3v) is 7.51. The Hall–Kier alpha value is -4.12. The number of hydrazone groups is 1. The predicted octanol–water partition coefficient (Wildman–Crippen LogP) is 3.41. The van der Waals surface area contributed by atoms with Crippen LogP contribution < -0.4 is 30.0 Å². The Morgan fingerprint density at radius 3 is 2.30 bits per heavy atom. The standard InChI is InChI=1S/C29H34FN5O5/c1-5-33-8-10-34(11-9-33)24-15-23-20(14-22(24)30)27(36)21(17-35(23)19-6-7-19)29(37)32-31-16-18-12-25(38-2)28(40-4)26(13-18)39-3/h12-17,19H,5-11H2,1-4H3,(H,32,37)/b31-16-. The van der Waals surface area contributed by atoms with Crippen molar-refractivity contribution < 1.29 is 23.4 Å². The van der Waals surface area contributed by atoms with Crippen LogP contribution in [0.4, 0.5) is 10.1 Å². The highest BCUT2D eigenvalue weighted by Crippen LogP contribution is 2.39. The van der Waals surface area contributed by atoms with Crippen LogP contribution in [0.1, 0.15) is 41.7 Å². The first-order chi connectivity index (χ1) is 19.4. The van der Waals surface area contributed by atoms with Gasteiger partial charge in [0, 0.05) is 49.4 Å². The highest BCUT2D eigenvalue weighted by atomic mass is 19.1. The predicted molar refractivity (Wildman–Crippen MR) is 152 cm³/mol. The average Bonchev–Trinajstić information content (AvgIpc) is 3.82. The van der Waals surface area contributed by atoms with Crippen molar-refractivity contribution in [3.05, 3.63) is 57.6 Å². The molecule has 212 valence electrons. The van der Waals surface area contributed by atoms with Crippen molar-refractivity contribution in [2.75, 3.05) is 59.0 Å². The number of nitrogens with zero attached hydrogens (tertiary/aromatic N) is 4. The molecule has 0 spiro atoms. The third kappa shape index (κ3) is 5.33. The van der Waals surface area contributed by atoms with E-state index in [1.807, 2.05) is 9.47 Å². The van der Waals surface area contributed by atoms with Gasteiger partial charge in [-0.2, -0.15) is 5.10 Å². The number of hydrogen-bond acceptors (Lipinski definition) is 8. The molecule has 1 amide bonds. The Morgan fingerprint density at radius 1 is 1.05 bits per heavy atom. The Bertz CT molecular complexity index is 1480. The van der Waals surface area contributed by atoms with Crippen LogP contribution in [0.2, 0.25) is 0 Å². The lowest BCUT2D eigenvalue weighted by molar-refractivity contribution is 0.0953. The van der Waals surface area contributed by atoms with Gasteiger partial charge in [0.15, 0.2) is 11.5 Å². The van der Waals surface area contributed by atoms with Crippen LogP contribution in [0.25, 0.3) is 10.9 Å². The molecule has 1 saturated heterocycles. The van der Waals surface area contributed by atoms with E-state index in [1.54, 1.807) is 24.4 Å². The lowest BCUT2D eigenvalue weighted by atomic mass is 10.1. The van der Waals surface area contributed by atoms with Gasteiger partial charge in [-0.1, -0.05) is 6.92 Å². The van der Waals surface area contributed by atoms with E-state index in [1.165, 1.54) is 33.6 Å². The zero-order valence-electron chi connectivity index (χ0n) is 23.2. The molecule has 11 heteroatoms. The molecule has 0 radical (unpaired) electrons. The molecule has 0 unspecified atom stereocenters. The van der Waals surface area contributed by atoms with Crippen molar-refractivity contribution in [3.8, 4) is 17.2 Å². The Labute approximate surface area is 231 Å². The Kier molecular flexibility index (Phi) is 7.92. The number of halogens is 1. The molecular formula is C29H34FN5O5. The summed E-state index contributed by atoms with van der Waals surface area (Å²) in [6.07, 6.45) is 4.84. The van der Waals surface area contributed by atoms with Gasteiger partial charge in [-0.05, 0) is 43.7 Å². The maximum atomic E-state index is 15.4. The zero-order chi connectivity index (χ0) is 28.4. The fourth-order valence-corrected chi connectivity index (χ4v) is 5.12. The van der Waals surface area contributed by atoms with Gasteiger partial charge in [-0.3, -0.25) is 9.59 Å². The summed E-state index contributed by atoms with van der Waals surface area (Å²) in [5.41, 5.74) is 3.51. The molecule has 2 fully saturated rings. The number of piperazine rings is 1. The van der Waals surface area contributed by atoms with Crippen molar-refractivity contribution in [3.63, 3.8) is 0 Å². The van der Waals surface area contributed by atoms with E-state index in [2.05, 4.69) is 22.4 Å². The molecular weight excluding hydrogens is 517 g/mol. The van der Waals surface area contributed by atoms with Gasteiger partial charge in [0.25, 0.3) is 5.91 Å². The normalized spacial score (nSPS) is 16.0. The summed E-state index contributed by atoms with van der Waals surface area (Å²) < 4.78 is 33.3. The van der Waals surface area contributed by atoms with E-state index < -0.39 is 17.2 Å². The lowest BCUT2D eigenvalue weighted by Gasteiger charge is -2.35. The maximum Gasteiger partial charge on any atom is 0.276 e. The number of ether oxygens (including phenoxy) is 3. The summed E-state index contributed by atoms with van der Waals surface area (Å²) in [5, 5.41) is 4.21. The number of likely N-dealkylation sites (N-methyl/N-ethyl adjacent to an activating group) is 1. The van der Waals surface area contributed by atoms with Gasteiger partial charge in [-0.25, -0.2) is 9.82 Å². The zero-order valence-corrected chi connectivity index (χ0v) is 23.2. The second-order valence-electron chi connectivity index (χ2n) is 9.91. The minimum atomic E-state index is -0.676. The van der Waals surface area contributed by atoms with E-state index in [4.69, 9.17) is 14.2 Å². The van der Waals surface area contributed by atoms with Gasteiger partial charge in [0.1, 0.15) is 11.4 Å². The third-order valence-electron chi connectivity index (χ3n) is 7.51. The topological polar surface area (TPSA) is 97.6 Å². The number of aromatic nitrogens is 1. The van der Waals surface area contributed by atoms with Crippen molar-refractivity contribution in [1.82, 2.24) is 14.9 Å². The molecule has 1 N–H and O–H groups in total. The van der Waals surface area contributed by atoms with Gasteiger partial charge in [-0.15, -0.1) is 0 Å². The van der Waals surface area contributed by atoms with E-state index in [0.717, 1.165) is 32.5 Å². The number of benzene rings is 2. The highest BCUT2D eigenvalue weighted by molar-refractivity contribution is 5.98. The number of anilines is 1. The van der Waals surface area contributed by atoms with E-state index in [-0.39, 0.29) is 17.0 Å². The number of fused-ring (bicyclic) bond motifs is 1. The van der Waals surface area contributed by atoms with Gasteiger partial charge in [0.2, 0.25) is 11.2 Å². The first kappa shape index (κ1) is 27.4. The summed E-state index contributed by atoms with van der Waals surface area (Å²) in [7, 11) is 4.51. The molecule has 40 heavy (non-hydrogen) atoms. The molecule has 5 rings (SSSR count). The summed E-state index contributed by atoms with van der Waals surface area (Å²) in [5.74, 6) is 0.164. The summed E-state index contributed by atoms with van der Waals surface area (Å²) >= 11 is 0. The van der Waals surface area contributed by atoms with E-state index in [9.17, 15) is 9.59 Å². The number of methoxy groups -OCH3 is 3. The highest BCUT2D eigenvalue weighted by Gasteiger charge is 2.28. The number of nitrogens with one attached hydrogen (secondary N) is 1. The first-order valence-corrected chi connectivity index (χ1v) is 13.4. The number of carbonyl (C=O) groups is 1. The lowest BCUT2D eigenvalue weighted by Crippen LogP contribution is -2.46. The van der Waals surface area contributed by atoms with Gasteiger partial charge >= 0.3 is 0 Å². The molecule has 2 aromatic carbocycles. The molecule has 0 atom stereocenters. The molecule has 2 heterocycles. The molecule has 1 aromatic heterocycles. The van der Waals surface area contributed by atoms with Gasteiger partial charge < -0.3 is 28.6 Å². The van der Waals surface area contributed by atoms with Crippen LogP contribution in [-0.2, 0) is 0 Å². The van der Waals surface area contributed by atoms with Crippen LogP contribution >= 0.6 is 0 Å². The first-order valence-electron chi connectivity index (χ1n) is 13.4. The minimum absolute atomic E-state index is 0.0925. The fourth-order valence-electron chi connectivity index (χ4n) is 5.12. The van der Waals surface area contributed by atoms with Crippen molar-refractivity contribution >= 4 is 28.7 Å². The van der Waals surface area contributed by atoms with Crippen molar-refractivity contribution in [1.29, 1.82) is 0 Å². The maximum absolute atomic E-state index is 15.4. The summed E-state index contributed by atoms with van der Waals surface area (Å²) in [6, 6.07) is 6.54. The molecule has 1 aliphatic carbocycles. The minimum Gasteiger partial charge on any atom is -0.493 e. The molecule has 0 bridgehead atoms. The SMILES string of the molecule is CCN1CCN(c2cc3c(cc2F)c(=O)c(C(=O)N/N=C\c2cc(OC)c(OC)c(OC)c2)cn3C2CC2)CC1. The largest absolute Gasteiger partial charge is 0.493 e. The number of pyridine rings is 1. The molecule has 1 aliphatic heterocycles. The molecule has 3 aromatic rings. The van der Waals surface area contributed by atoms with Crippen LogP contribution in [0.15, 0.2) is 40.4 Å². The van der Waals surface area contributed by atoms with Crippen LogP contribution in [-0.4, -0.2) is 75.6 Å². The number of carbonyl (C=O) groups excluding carboxylic acids is 1. The Morgan fingerprint density at radius 2 is 1.73 bits per heavy atom. The second kappa shape index (κ2) is 11.5. The van der Waals surface area contributed by atoms with Crippen LogP contribution in [0, 0.1) is 5.82 Å². The number of rotatable bonds is 9. The second-order valence-corrected chi connectivity index (χ2v) is 9.91. The number of hydrogen-bond donors (Lipinski definition) is 1. The number of amides is 1. The molecule has 10 nitrogen and oxygen atoms in total. The monoisotopic (exact) mass is 551 g/mol. The van der Waals surface area contributed by atoms with Crippen molar-refractivity contribution in [2.24, 2.45) is 5.10 Å². The summed E-state index contributed by atoms with van der Waals surface area (Å²) in [6.45, 7) is 6.24. The van der Waals surface area contributed by atoms with E-state index in [0.29, 0.717) is 47.1 Å². The smallest absolute Gasteiger partial charge is 0.276 e.